The van der Waals surface area contributed by atoms with Gasteiger partial charge in [0.2, 0.25) is 0 Å². The Bertz CT molecular complexity index is 634. The van der Waals surface area contributed by atoms with E-state index in [-0.39, 0.29) is 0 Å². The predicted octanol–water partition coefficient (Wildman–Crippen LogP) is 2.17. The summed E-state index contributed by atoms with van der Waals surface area (Å²) in [6.07, 6.45) is 13.6. The van der Waals surface area contributed by atoms with Crippen molar-refractivity contribution in [2.75, 3.05) is 16.9 Å². The van der Waals surface area contributed by atoms with Crippen LogP contribution in [0.15, 0.2) is 18.6 Å². The topological polar surface area (TPSA) is 71.5 Å². The Balaban J connectivity index is 1.78. The lowest BCUT2D eigenvalue weighted by Crippen LogP contribution is -2.47. The number of aromatic nitrogens is 3. The Morgan fingerprint density at radius 2 is 2.05 bits per heavy atom. The van der Waals surface area contributed by atoms with Gasteiger partial charge in [-0.1, -0.05) is 12.8 Å². The standard InChI is InChI=1S/C15H22N6/c16-19-13-10-20-9-7-17-14(20)15(18-13)21-8-3-5-11-4-1-2-6-12(11)21/h7,9-12,19H,1-6,8,16H2/t11-,12-/m1/s1. The summed E-state index contributed by atoms with van der Waals surface area (Å²) in [5.41, 5.74) is 3.60. The molecule has 2 atom stereocenters. The van der Waals surface area contributed by atoms with Gasteiger partial charge in [-0.3, -0.25) is 0 Å². The van der Waals surface area contributed by atoms with E-state index in [1.807, 2.05) is 23.0 Å². The van der Waals surface area contributed by atoms with Crippen LogP contribution in [0, 0.1) is 5.92 Å². The lowest BCUT2D eigenvalue weighted by molar-refractivity contribution is 0.243. The minimum atomic E-state index is 0.619. The highest BCUT2D eigenvalue weighted by Gasteiger charge is 2.35. The largest absolute Gasteiger partial charge is 0.350 e. The minimum Gasteiger partial charge on any atom is -0.350 e. The van der Waals surface area contributed by atoms with E-state index < -0.39 is 0 Å². The monoisotopic (exact) mass is 286 g/mol. The zero-order chi connectivity index (χ0) is 14.2. The van der Waals surface area contributed by atoms with Gasteiger partial charge in [-0.2, -0.15) is 0 Å². The molecule has 1 saturated heterocycles. The first-order valence-electron chi connectivity index (χ1n) is 7.94. The molecule has 2 fully saturated rings. The van der Waals surface area contributed by atoms with Crippen LogP contribution in [0.3, 0.4) is 0 Å². The van der Waals surface area contributed by atoms with Crippen molar-refractivity contribution in [2.45, 2.75) is 44.6 Å². The number of hydrogen-bond donors (Lipinski definition) is 2. The molecule has 3 heterocycles. The van der Waals surface area contributed by atoms with Gasteiger partial charge < -0.3 is 14.7 Å². The summed E-state index contributed by atoms with van der Waals surface area (Å²) in [5, 5.41) is 0. The first kappa shape index (κ1) is 12.9. The summed E-state index contributed by atoms with van der Waals surface area (Å²) in [5.74, 6) is 8.06. The number of imidazole rings is 1. The van der Waals surface area contributed by atoms with E-state index in [0.717, 1.165) is 23.9 Å². The van der Waals surface area contributed by atoms with E-state index >= 15 is 0 Å². The Hall–Kier alpha value is -1.82. The van der Waals surface area contributed by atoms with Crippen LogP contribution in [0.25, 0.3) is 5.65 Å². The third-order valence-electron chi connectivity index (χ3n) is 5.02. The third-order valence-corrected chi connectivity index (χ3v) is 5.02. The molecular formula is C15H22N6. The van der Waals surface area contributed by atoms with Crippen molar-refractivity contribution in [2.24, 2.45) is 11.8 Å². The fourth-order valence-corrected chi connectivity index (χ4v) is 4.07. The molecule has 3 N–H and O–H groups in total. The molecule has 6 nitrogen and oxygen atoms in total. The Kier molecular flexibility index (Phi) is 3.18. The molecule has 1 aliphatic carbocycles. The number of hydrazine groups is 1. The van der Waals surface area contributed by atoms with Gasteiger partial charge in [0, 0.05) is 25.0 Å². The SMILES string of the molecule is NNc1cn2ccnc2c(N2CCC[C@H]3CCCC[C@H]32)n1. The summed E-state index contributed by atoms with van der Waals surface area (Å²) >= 11 is 0. The van der Waals surface area contributed by atoms with Crippen molar-refractivity contribution in [3.63, 3.8) is 0 Å². The van der Waals surface area contributed by atoms with Crippen LogP contribution in [-0.2, 0) is 0 Å². The lowest BCUT2D eigenvalue weighted by atomic mass is 9.78. The number of nitrogens with zero attached hydrogens (tertiary/aromatic N) is 4. The molecule has 0 unspecified atom stereocenters. The molecule has 0 bridgehead atoms. The molecule has 6 heteroatoms. The summed E-state index contributed by atoms with van der Waals surface area (Å²) in [7, 11) is 0. The molecule has 4 rings (SSSR count). The van der Waals surface area contributed by atoms with Crippen molar-refractivity contribution in [1.29, 1.82) is 0 Å². The Morgan fingerprint density at radius 1 is 1.19 bits per heavy atom. The molecule has 0 amide bonds. The number of rotatable bonds is 2. The number of hydrogen-bond acceptors (Lipinski definition) is 5. The quantitative estimate of drug-likeness (QED) is 0.654. The van der Waals surface area contributed by atoms with Crippen LogP contribution in [0.4, 0.5) is 11.6 Å². The van der Waals surface area contributed by atoms with Crippen molar-refractivity contribution in [3.8, 4) is 0 Å². The molecule has 0 aromatic carbocycles. The number of piperidine rings is 1. The summed E-state index contributed by atoms with van der Waals surface area (Å²) < 4.78 is 2.00. The minimum absolute atomic E-state index is 0.619. The predicted molar refractivity (Wildman–Crippen MR) is 83.1 cm³/mol. The average Bonchev–Trinajstić information content (AvgIpc) is 3.02. The lowest BCUT2D eigenvalue weighted by Gasteiger charge is -2.44. The third kappa shape index (κ3) is 2.14. The maximum atomic E-state index is 5.58. The van der Waals surface area contributed by atoms with Gasteiger partial charge in [0.25, 0.3) is 0 Å². The van der Waals surface area contributed by atoms with Crippen molar-refractivity contribution >= 4 is 17.3 Å². The van der Waals surface area contributed by atoms with Crippen molar-refractivity contribution in [1.82, 2.24) is 14.4 Å². The van der Waals surface area contributed by atoms with Crippen LogP contribution in [0.1, 0.15) is 38.5 Å². The van der Waals surface area contributed by atoms with Crippen LogP contribution < -0.4 is 16.2 Å². The van der Waals surface area contributed by atoms with Crippen LogP contribution >= 0.6 is 0 Å². The highest BCUT2D eigenvalue weighted by molar-refractivity contribution is 5.67. The molecule has 2 aromatic rings. The zero-order valence-electron chi connectivity index (χ0n) is 12.2. The number of fused-ring (bicyclic) bond motifs is 2. The second-order valence-electron chi connectivity index (χ2n) is 6.20. The van der Waals surface area contributed by atoms with E-state index in [4.69, 9.17) is 10.8 Å². The van der Waals surface area contributed by atoms with Gasteiger partial charge >= 0.3 is 0 Å². The molecule has 0 radical (unpaired) electrons. The Morgan fingerprint density at radius 3 is 2.95 bits per heavy atom. The van der Waals surface area contributed by atoms with Gasteiger partial charge in [0.05, 0.1) is 6.20 Å². The Labute approximate surface area is 124 Å². The van der Waals surface area contributed by atoms with Gasteiger partial charge in [-0.05, 0) is 31.6 Å². The molecular weight excluding hydrogens is 264 g/mol. The summed E-state index contributed by atoms with van der Waals surface area (Å²) in [6, 6.07) is 0.619. The average molecular weight is 286 g/mol. The molecule has 2 aromatic heterocycles. The second-order valence-corrected chi connectivity index (χ2v) is 6.20. The van der Waals surface area contributed by atoms with Gasteiger partial charge in [-0.25, -0.2) is 15.8 Å². The number of anilines is 2. The fourth-order valence-electron chi connectivity index (χ4n) is 4.07. The smallest absolute Gasteiger partial charge is 0.180 e. The molecule has 1 saturated carbocycles. The summed E-state index contributed by atoms with van der Waals surface area (Å²) in [6.45, 7) is 1.07. The molecule has 2 aliphatic rings. The first-order valence-corrected chi connectivity index (χ1v) is 7.94. The van der Waals surface area contributed by atoms with Gasteiger partial charge in [0.15, 0.2) is 17.3 Å². The van der Waals surface area contributed by atoms with Crippen LogP contribution in [-0.4, -0.2) is 27.0 Å². The van der Waals surface area contributed by atoms with E-state index in [2.05, 4.69) is 15.3 Å². The van der Waals surface area contributed by atoms with E-state index in [1.165, 1.54) is 38.5 Å². The molecule has 1 aliphatic heterocycles. The maximum Gasteiger partial charge on any atom is 0.180 e. The zero-order valence-corrected chi connectivity index (χ0v) is 12.2. The van der Waals surface area contributed by atoms with E-state index in [1.54, 1.807) is 0 Å². The first-order chi connectivity index (χ1) is 10.4. The molecule has 112 valence electrons. The van der Waals surface area contributed by atoms with E-state index in [9.17, 15) is 0 Å². The van der Waals surface area contributed by atoms with E-state index in [0.29, 0.717) is 11.9 Å². The summed E-state index contributed by atoms with van der Waals surface area (Å²) in [4.78, 5) is 11.7. The van der Waals surface area contributed by atoms with Crippen molar-refractivity contribution < 1.29 is 0 Å². The highest BCUT2D eigenvalue weighted by Crippen LogP contribution is 2.38. The highest BCUT2D eigenvalue weighted by atomic mass is 15.3. The van der Waals surface area contributed by atoms with Crippen LogP contribution in [0.5, 0.6) is 0 Å². The second kappa shape index (κ2) is 5.18. The van der Waals surface area contributed by atoms with Crippen LogP contribution in [0.2, 0.25) is 0 Å². The van der Waals surface area contributed by atoms with Gasteiger partial charge in [-0.15, -0.1) is 0 Å². The molecule has 21 heavy (non-hydrogen) atoms. The van der Waals surface area contributed by atoms with Crippen molar-refractivity contribution in [3.05, 3.63) is 18.6 Å². The number of nitrogens with two attached hydrogens (primary N) is 1. The maximum absolute atomic E-state index is 5.58. The van der Waals surface area contributed by atoms with Gasteiger partial charge in [0.1, 0.15) is 0 Å². The normalized spacial score (nSPS) is 25.9. The molecule has 0 spiro atoms. The number of nitrogen functional groups attached to an aromatic ring is 1. The fraction of sp³-hybridized carbons (Fsp3) is 0.600. The number of nitrogens with one attached hydrogen (secondary N) is 1.